The first kappa shape index (κ1) is 18.7. The van der Waals surface area contributed by atoms with Gasteiger partial charge in [0.25, 0.3) is 0 Å². The van der Waals surface area contributed by atoms with Crippen LogP contribution >= 0.6 is 0 Å². The normalized spacial score (nSPS) is 13.2. The SMILES string of the molecule is CC(=O)c1cccc(NC(=O)[C@H](C)N[C@@H](C)c2ccc(F)c(F)c2)c1. The first-order valence-corrected chi connectivity index (χ1v) is 7.91. The molecular formula is C19H20F2N2O2. The number of Topliss-reactive ketones (excluding diaryl/α,β-unsaturated/α-hetero) is 1. The highest BCUT2D eigenvalue weighted by atomic mass is 19.2. The first-order chi connectivity index (χ1) is 11.8. The highest BCUT2D eigenvalue weighted by molar-refractivity contribution is 5.98. The third-order valence-electron chi connectivity index (χ3n) is 3.87. The van der Waals surface area contributed by atoms with Gasteiger partial charge in [-0.05, 0) is 50.6 Å². The summed E-state index contributed by atoms with van der Waals surface area (Å²) in [5.41, 5.74) is 1.57. The molecule has 0 aliphatic carbocycles. The summed E-state index contributed by atoms with van der Waals surface area (Å²) < 4.78 is 26.3. The summed E-state index contributed by atoms with van der Waals surface area (Å²) in [5.74, 6) is -2.22. The van der Waals surface area contributed by atoms with Crippen molar-refractivity contribution in [2.75, 3.05) is 5.32 Å². The Kier molecular flexibility index (Phi) is 5.98. The number of halogens is 2. The lowest BCUT2D eigenvalue weighted by molar-refractivity contribution is -0.117. The molecule has 2 aromatic carbocycles. The minimum absolute atomic E-state index is 0.0887. The molecule has 2 rings (SSSR count). The third-order valence-corrected chi connectivity index (χ3v) is 3.87. The van der Waals surface area contributed by atoms with E-state index in [4.69, 9.17) is 0 Å². The van der Waals surface area contributed by atoms with Gasteiger partial charge in [-0.15, -0.1) is 0 Å². The maximum atomic E-state index is 13.3. The van der Waals surface area contributed by atoms with E-state index in [-0.39, 0.29) is 17.7 Å². The van der Waals surface area contributed by atoms with Crippen molar-refractivity contribution in [1.82, 2.24) is 5.32 Å². The van der Waals surface area contributed by atoms with Crippen LogP contribution in [-0.4, -0.2) is 17.7 Å². The maximum absolute atomic E-state index is 13.3. The number of carbonyl (C=O) groups excluding carboxylic acids is 2. The lowest BCUT2D eigenvalue weighted by Gasteiger charge is -2.20. The minimum atomic E-state index is -0.927. The number of nitrogens with one attached hydrogen (secondary N) is 2. The molecule has 132 valence electrons. The van der Waals surface area contributed by atoms with Gasteiger partial charge in [-0.2, -0.15) is 0 Å². The van der Waals surface area contributed by atoms with E-state index in [1.807, 2.05) is 0 Å². The summed E-state index contributed by atoms with van der Waals surface area (Å²) in [6.45, 7) is 4.88. The molecule has 4 nitrogen and oxygen atoms in total. The van der Waals surface area contributed by atoms with E-state index < -0.39 is 17.7 Å². The summed E-state index contributed by atoms with van der Waals surface area (Å²) in [6, 6.07) is 9.36. The molecule has 0 fully saturated rings. The van der Waals surface area contributed by atoms with E-state index >= 15 is 0 Å². The number of hydrogen-bond donors (Lipinski definition) is 2. The van der Waals surface area contributed by atoms with Gasteiger partial charge in [-0.3, -0.25) is 14.9 Å². The predicted octanol–water partition coefficient (Wildman–Crippen LogP) is 3.85. The number of ketones is 1. The fraction of sp³-hybridized carbons (Fsp3) is 0.263. The standard InChI is InChI=1S/C19H20F2N2O2/c1-11(14-7-8-17(20)18(21)10-14)22-12(2)19(25)23-16-6-4-5-15(9-16)13(3)24/h4-12,22H,1-3H3,(H,23,25)/t11-,12-/m0/s1. The van der Waals surface area contributed by atoms with Gasteiger partial charge in [-0.25, -0.2) is 8.78 Å². The van der Waals surface area contributed by atoms with Crippen LogP contribution in [0.4, 0.5) is 14.5 Å². The first-order valence-electron chi connectivity index (χ1n) is 7.91. The third kappa shape index (κ3) is 4.93. The van der Waals surface area contributed by atoms with Gasteiger partial charge in [0.1, 0.15) is 0 Å². The molecule has 0 spiro atoms. The fourth-order valence-electron chi connectivity index (χ4n) is 2.40. The largest absolute Gasteiger partial charge is 0.325 e. The van der Waals surface area contributed by atoms with Crippen LogP contribution in [0.5, 0.6) is 0 Å². The maximum Gasteiger partial charge on any atom is 0.241 e. The van der Waals surface area contributed by atoms with E-state index in [0.717, 1.165) is 12.1 Å². The van der Waals surface area contributed by atoms with E-state index in [2.05, 4.69) is 10.6 Å². The molecule has 6 heteroatoms. The monoisotopic (exact) mass is 346 g/mol. The molecule has 0 heterocycles. The molecule has 0 aliphatic heterocycles. The number of anilines is 1. The molecule has 0 unspecified atom stereocenters. The lowest BCUT2D eigenvalue weighted by Crippen LogP contribution is -2.39. The molecule has 2 atom stereocenters. The van der Waals surface area contributed by atoms with Crippen molar-refractivity contribution in [3.63, 3.8) is 0 Å². The van der Waals surface area contributed by atoms with Crippen molar-refractivity contribution in [3.8, 4) is 0 Å². The van der Waals surface area contributed by atoms with Crippen LogP contribution in [0.15, 0.2) is 42.5 Å². The van der Waals surface area contributed by atoms with Crippen molar-refractivity contribution in [1.29, 1.82) is 0 Å². The number of hydrogen-bond acceptors (Lipinski definition) is 3. The Labute approximate surface area is 145 Å². The Balaban J connectivity index is 2.01. The highest BCUT2D eigenvalue weighted by Gasteiger charge is 2.17. The van der Waals surface area contributed by atoms with Crippen LogP contribution < -0.4 is 10.6 Å². The molecule has 0 saturated carbocycles. The van der Waals surface area contributed by atoms with Gasteiger partial charge in [0, 0.05) is 17.3 Å². The summed E-state index contributed by atoms with van der Waals surface area (Å²) in [4.78, 5) is 23.7. The average Bonchev–Trinajstić information content (AvgIpc) is 2.57. The van der Waals surface area contributed by atoms with Gasteiger partial charge >= 0.3 is 0 Å². The van der Waals surface area contributed by atoms with Crippen LogP contribution in [0.2, 0.25) is 0 Å². The van der Waals surface area contributed by atoms with Gasteiger partial charge < -0.3 is 5.32 Å². The smallest absolute Gasteiger partial charge is 0.241 e. The second-order valence-corrected chi connectivity index (χ2v) is 5.91. The van der Waals surface area contributed by atoms with Crippen molar-refractivity contribution in [2.45, 2.75) is 32.9 Å². The topological polar surface area (TPSA) is 58.2 Å². The van der Waals surface area contributed by atoms with Crippen molar-refractivity contribution in [2.24, 2.45) is 0 Å². The quantitative estimate of drug-likeness (QED) is 0.781. The zero-order valence-electron chi connectivity index (χ0n) is 14.3. The Bertz CT molecular complexity index is 793. The number of carbonyl (C=O) groups is 2. The average molecular weight is 346 g/mol. The zero-order valence-corrected chi connectivity index (χ0v) is 14.3. The summed E-state index contributed by atoms with van der Waals surface area (Å²) in [6.07, 6.45) is 0. The molecule has 0 aliphatic rings. The van der Waals surface area contributed by atoms with Crippen LogP contribution in [0.1, 0.15) is 42.7 Å². The van der Waals surface area contributed by atoms with Crippen molar-refractivity contribution in [3.05, 3.63) is 65.2 Å². The number of rotatable bonds is 6. The molecule has 0 aromatic heterocycles. The Hall–Kier alpha value is -2.60. The van der Waals surface area contributed by atoms with E-state index in [1.54, 1.807) is 38.1 Å². The highest BCUT2D eigenvalue weighted by Crippen LogP contribution is 2.17. The van der Waals surface area contributed by atoms with Crippen LogP contribution in [0.25, 0.3) is 0 Å². The second-order valence-electron chi connectivity index (χ2n) is 5.91. The Morgan fingerprint density at radius 2 is 1.72 bits per heavy atom. The lowest BCUT2D eigenvalue weighted by atomic mass is 10.1. The number of amides is 1. The fourth-order valence-corrected chi connectivity index (χ4v) is 2.40. The van der Waals surface area contributed by atoms with Gasteiger partial charge in [0.05, 0.1) is 6.04 Å². The van der Waals surface area contributed by atoms with Crippen LogP contribution in [-0.2, 0) is 4.79 Å². The summed E-state index contributed by atoms with van der Waals surface area (Å²) >= 11 is 0. The van der Waals surface area contributed by atoms with E-state index in [1.165, 1.54) is 13.0 Å². The molecule has 2 aromatic rings. The van der Waals surface area contributed by atoms with Crippen molar-refractivity contribution >= 4 is 17.4 Å². The summed E-state index contributed by atoms with van der Waals surface area (Å²) in [7, 11) is 0. The second kappa shape index (κ2) is 7.98. The van der Waals surface area contributed by atoms with Gasteiger partial charge in [0.2, 0.25) is 5.91 Å². The van der Waals surface area contributed by atoms with E-state index in [0.29, 0.717) is 16.8 Å². The molecule has 0 bridgehead atoms. The molecule has 0 saturated heterocycles. The molecule has 2 N–H and O–H groups in total. The van der Waals surface area contributed by atoms with Crippen LogP contribution in [0.3, 0.4) is 0 Å². The Morgan fingerprint density at radius 3 is 2.36 bits per heavy atom. The predicted molar refractivity (Wildman–Crippen MR) is 92.4 cm³/mol. The van der Waals surface area contributed by atoms with E-state index in [9.17, 15) is 18.4 Å². The summed E-state index contributed by atoms with van der Waals surface area (Å²) in [5, 5.41) is 5.76. The van der Waals surface area contributed by atoms with Gasteiger partial charge in [-0.1, -0.05) is 18.2 Å². The zero-order chi connectivity index (χ0) is 18.6. The van der Waals surface area contributed by atoms with Gasteiger partial charge in [0.15, 0.2) is 17.4 Å². The van der Waals surface area contributed by atoms with Crippen LogP contribution in [0, 0.1) is 11.6 Å². The van der Waals surface area contributed by atoms with Crippen molar-refractivity contribution < 1.29 is 18.4 Å². The molecule has 1 amide bonds. The minimum Gasteiger partial charge on any atom is -0.325 e. The number of benzene rings is 2. The molecular weight excluding hydrogens is 326 g/mol. The Morgan fingerprint density at radius 1 is 1.00 bits per heavy atom. The molecule has 0 radical (unpaired) electrons. The molecule has 25 heavy (non-hydrogen) atoms.